The zero-order valence-electron chi connectivity index (χ0n) is 11.6. The van der Waals surface area contributed by atoms with E-state index in [4.69, 9.17) is 5.11 Å². The predicted octanol–water partition coefficient (Wildman–Crippen LogP) is 1.28. The number of benzene rings is 1. The Morgan fingerprint density at radius 1 is 1.05 bits per heavy atom. The van der Waals surface area contributed by atoms with Gasteiger partial charge in [0.1, 0.15) is 6.42 Å². The van der Waals surface area contributed by atoms with Gasteiger partial charge in [-0.15, -0.1) is 5.10 Å². The Kier molecular flexibility index (Phi) is 3.86. The summed E-state index contributed by atoms with van der Waals surface area (Å²) in [7, 11) is 0. The van der Waals surface area contributed by atoms with Gasteiger partial charge in [0.2, 0.25) is 0 Å². The molecule has 0 saturated heterocycles. The van der Waals surface area contributed by atoms with Gasteiger partial charge in [-0.3, -0.25) is 9.78 Å². The molecule has 0 unspecified atom stereocenters. The van der Waals surface area contributed by atoms with Crippen molar-refractivity contribution in [3.8, 4) is 5.69 Å². The molecule has 0 amide bonds. The van der Waals surface area contributed by atoms with Gasteiger partial charge in [0.25, 0.3) is 0 Å². The van der Waals surface area contributed by atoms with Gasteiger partial charge in [-0.2, -0.15) is 4.68 Å². The summed E-state index contributed by atoms with van der Waals surface area (Å²) in [6, 6.07) is 11.6. The lowest BCUT2D eigenvalue weighted by Gasteiger charge is -2.05. The molecule has 3 aromatic rings. The zero-order chi connectivity index (χ0) is 15.4. The molecule has 110 valence electrons. The van der Waals surface area contributed by atoms with E-state index in [2.05, 4.69) is 20.5 Å². The summed E-state index contributed by atoms with van der Waals surface area (Å²) in [5.74, 6) is -0.667. The van der Waals surface area contributed by atoms with Crippen molar-refractivity contribution in [3.05, 3.63) is 65.7 Å². The molecule has 1 aromatic carbocycles. The normalized spacial score (nSPS) is 10.5. The van der Waals surface area contributed by atoms with Crippen LogP contribution in [0, 0.1) is 0 Å². The highest BCUT2D eigenvalue weighted by molar-refractivity contribution is 5.69. The van der Waals surface area contributed by atoms with Crippen molar-refractivity contribution in [2.24, 2.45) is 0 Å². The van der Waals surface area contributed by atoms with E-state index in [1.807, 2.05) is 36.4 Å². The van der Waals surface area contributed by atoms with Crippen molar-refractivity contribution in [2.75, 3.05) is 0 Å². The van der Waals surface area contributed by atoms with Gasteiger partial charge in [0, 0.05) is 12.4 Å². The van der Waals surface area contributed by atoms with E-state index >= 15 is 0 Å². The molecule has 0 fully saturated rings. The van der Waals surface area contributed by atoms with Crippen LogP contribution in [-0.4, -0.2) is 36.3 Å². The van der Waals surface area contributed by atoms with E-state index in [9.17, 15) is 4.79 Å². The Bertz CT molecular complexity index is 768. The molecule has 0 aliphatic carbocycles. The third-order valence-corrected chi connectivity index (χ3v) is 3.18. The van der Waals surface area contributed by atoms with Crippen LogP contribution in [0.5, 0.6) is 0 Å². The molecule has 0 atom stereocenters. The molecule has 0 aliphatic heterocycles. The van der Waals surface area contributed by atoms with E-state index in [1.165, 1.54) is 10.2 Å². The lowest BCUT2D eigenvalue weighted by atomic mass is 10.1. The quantitative estimate of drug-likeness (QED) is 0.762. The second-order valence-corrected chi connectivity index (χ2v) is 4.78. The molecule has 22 heavy (non-hydrogen) atoms. The average Bonchev–Trinajstić information content (AvgIpc) is 2.96. The summed E-state index contributed by atoms with van der Waals surface area (Å²) in [4.78, 5) is 14.8. The molecule has 0 radical (unpaired) electrons. The van der Waals surface area contributed by atoms with Crippen LogP contribution in [0.3, 0.4) is 0 Å². The molecule has 3 rings (SSSR count). The number of aliphatic carboxylic acids is 1. The van der Waals surface area contributed by atoms with Gasteiger partial charge in [0.05, 0.1) is 5.69 Å². The van der Waals surface area contributed by atoms with Crippen LogP contribution in [-0.2, 0) is 17.6 Å². The van der Waals surface area contributed by atoms with Crippen LogP contribution in [0.15, 0.2) is 48.8 Å². The number of carbonyl (C=O) groups is 1. The Morgan fingerprint density at radius 3 is 2.41 bits per heavy atom. The number of carboxylic acid groups (broad SMARTS) is 1. The van der Waals surface area contributed by atoms with E-state index in [1.54, 1.807) is 12.4 Å². The monoisotopic (exact) mass is 295 g/mol. The number of aromatic nitrogens is 5. The van der Waals surface area contributed by atoms with E-state index < -0.39 is 5.97 Å². The molecule has 7 heteroatoms. The van der Waals surface area contributed by atoms with Crippen LogP contribution in [0.4, 0.5) is 0 Å². The van der Waals surface area contributed by atoms with Gasteiger partial charge in [0.15, 0.2) is 5.82 Å². The Balaban J connectivity index is 1.80. The predicted molar refractivity (Wildman–Crippen MR) is 77.5 cm³/mol. The average molecular weight is 295 g/mol. The summed E-state index contributed by atoms with van der Waals surface area (Å²) in [5, 5.41) is 20.0. The summed E-state index contributed by atoms with van der Waals surface area (Å²) >= 11 is 0. The maximum Gasteiger partial charge on any atom is 0.311 e. The lowest BCUT2D eigenvalue weighted by Crippen LogP contribution is -2.09. The van der Waals surface area contributed by atoms with E-state index in [0.29, 0.717) is 5.82 Å². The van der Waals surface area contributed by atoms with Gasteiger partial charge in [-0.1, -0.05) is 12.1 Å². The van der Waals surface area contributed by atoms with Gasteiger partial charge in [-0.05, 0) is 52.2 Å². The SMILES string of the molecule is O=C(O)Cc1nnnn1-c1ccc(Cc2ccncc2)cc1. The minimum absolute atomic E-state index is 0.217. The fourth-order valence-corrected chi connectivity index (χ4v) is 2.14. The van der Waals surface area contributed by atoms with Crippen LogP contribution < -0.4 is 0 Å². The number of pyridine rings is 1. The molecular formula is C15H13N5O2. The van der Waals surface area contributed by atoms with Gasteiger partial charge in [-0.25, -0.2) is 0 Å². The summed E-state index contributed by atoms with van der Waals surface area (Å²) < 4.78 is 1.43. The molecular weight excluding hydrogens is 282 g/mol. The summed E-state index contributed by atoms with van der Waals surface area (Å²) in [6.07, 6.45) is 4.12. The molecule has 0 spiro atoms. The largest absolute Gasteiger partial charge is 0.481 e. The lowest BCUT2D eigenvalue weighted by molar-refractivity contribution is -0.136. The Hall–Kier alpha value is -3.09. The molecule has 2 heterocycles. The van der Waals surface area contributed by atoms with Crippen molar-refractivity contribution >= 4 is 5.97 Å². The number of nitrogens with zero attached hydrogens (tertiary/aromatic N) is 5. The number of hydrogen-bond acceptors (Lipinski definition) is 5. The van der Waals surface area contributed by atoms with Crippen molar-refractivity contribution in [1.29, 1.82) is 0 Å². The van der Waals surface area contributed by atoms with Crippen LogP contribution in [0.25, 0.3) is 5.69 Å². The first kappa shape index (κ1) is 13.9. The second kappa shape index (κ2) is 6.13. The number of hydrogen-bond donors (Lipinski definition) is 1. The maximum atomic E-state index is 10.8. The highest BCUT2D eigenvalue weighted by Gasteiger charge is 2.11. The first-order chi connectivity index (χ1) is 10.7. The van der Waals surface area contributed by atoms with Crippen molar-refractivity contribution in [3.63, 3.8) is 0 Å². The molecule has 0 aliphatic rings. The first-order valence-electron chi connectivity index (χ1n) is 6.69. The fourth-order valence-electron chi connectivity index (χ4n) is 2.14. The third-order valence-electron chi connectivity index (χ3n) is 3.18. The summed E-state index contributed by atoms with van der Waals surface area (Å²) in [6.45, 7) is 0. The second-order valence-electron chi connectivity index (χ2n) is 4.78. The Labute approximate surface area is 126 Å². The molecule has 1 N–H and O–H groups in total. The molecule has 2 aromatic heterocycles. The smallest absolute Gasteiger partial charge is 0.311 e. The minimum Gasteiger partial charge on any atom is -0.481 e. The minimum atomic E-state index is -0.967. The molecule has 0 bridgehead atoms. The number of tetrazole rings is 1. The first-order valence-corrected chi connectivity index (χ1v) is 6.69. The highest BCUT2D eigenvalue weighted by atomic mass is 16.4. The van der Waals surface area contributed by atoms with Crippen LogP contribution >= 0.6 is 0 Å². The van der Waals surface area contributed by atoms with Crippen LogP contribution in [0.2, 0.25) is 0 Å². The number of carboxylic acids is 1. The summed E-state index contributed by atoms with van der Waals surface area (Å²) in [5.41, 5.74) is 3.05. The topological polar surface area (TPSA) is 93.8 Å². The van der Waals surface area contributed by atoms with Crippen molar-refractivity contribution < 1.29 is 9.90 Å². The molecule has 7 nitrogen and oxygen atoms in total. The zero-order valence-corrected chi connectivity index (χ0v) is 11.6. The highest BCUT2D eigenvalue weighted by Crippen LogP contribution is 2.13. The van der Waals surface area contributed by atoms with Gasteiger partial charge >= 0.3 is 5.97 Å². The van der Waals surface area contributed by atoms with E-state index in [-0.39, 0.29) is 6.42 Å². The standard InChI is InChI=1S/C15H13N5O2/c21-15(22)10-14-17-18-19-20(14)13-3-1-11(2-4-13)9-12-5-7-16-8-6-12/h1-8H,9-10H2,(H,21,22). The van der Waals surface area contributed by atoms with Gasteiger partial charge < -0.3 is 5.11 Å². The number of rotatable bonds is 5. The van der Waals surface area contributed by atoms with Crippen molar-refractivity contribution in [2.45, 2.75) is 12.8 Å². The van der Waals surface area contributed by atoms with E-state index in [0.717, 1.165) is 17.7 Å². The maximum absolute atomic E-state index is 10.8. The molecule has 0 saturated carbocycles. The third kappa shape index (κ3) is 3.14. The van der Waals surface area contributed by atoms with Crippen molar-refractivity contribution in [1.82, 2.24) is 25.2 Å². The fraction of sp³-hybridized carbons (Fsp3) is 0.133. The Morgan fingerprint density at radius 2 is 1.73 bits per heavy atom. The van der Waals surface area contributed by atoms with Crippen LogP contribution in [0.1, 0.15) is 17.0 Å².